The monoisotopic (exact) mass is 265 g/mol. The second-order valence-corrected chi connectivity index (χ2v) is 4.32. The zero-order chi connectivity index (χ0) is 10.8. The van der Waals surface area contributed by atoms with E-state index in [1.807, 2.05) is 49.1 Å². The summed E-state index contributed by atoms with van der Waals surface area (Å²) in [5, 5.41) is 7.50. The number of hydrogen-bond donors (Lipinski definition) is 1. The summed E-state index contributed by atoms with van der Waals surface area (Å²) < 4.78 is 2.91. The predicted octanol–water partition coefficient (Wildman–Crippen LogP) is 3.23. The minimum atomic E-state index is 1.04. The van der Waals surface area contributed by atoms with E-state index < -0.39 is 0 Å². The molecule has 1 N–H and O–H groups in total. The van der Waals surface area contributed by atoms with Gasteiger partial charge < -0.3 is 5.32 Å². The topological polar surface area (TPSA) is 29.9 Å². The van der Waals surface area contributed by atoms with Crippen LogP contribution in [0, 0.1) is 6.92 Å². The number of nitrogens with one attached hydrogen (secondary N) is 1. The minimum Gasteiger partial charge on any atom is -0.353 e. The lowest BCUT2D eigenvalue weighted by atomic mass is 10.3. The third kappa shape index (κ3) is 2.21. The van der Waals surface area contributed by atoms with Crippen molar-refractivity contribution in [2.75, 3.05) is 5.32 Å². The number of rotatable bonds is 2. The average Bonchev–Trinajstić information content (AvgIpc) is 2.50. The van der Waals surface area contributed by atoms with E-state index >= 15 is 0 Å². The van der Waals surface area contributed by atoms with Crippen molar-refractivity contribution >= 4 is 27.3 Å². The van der Waals surface area contributed by atoms with Crippen molar-refractivity contribution < 1.29 is 0 Å². The SMILES string of the molecule is Cc1c(Nc2cccc(Br)c2)cnn1C. The largest absolute Gasteiger partial charge is 0.353 e. The van der Waals surface area contributed by atoms with E-state index in [2.05, 4.69) is 26.3 Å². The molecular weight excluding hydrogens is 254 g/mol. The van der Waals surface area contributed by atoms with E-state index in [1.165, 1.54) is 0 Å². The number of benzene rings is 1. The molecule has 0 radical (unpaired) electrons. The second-order valence-electron chi connectivity index (χ2n) is 3.40. The summed E-state index contributed by atoms with van der Waals surface area (Å²) in [5.74, 6) is 0. The van der Waals surface area contributed by atoms with Gasteiger partial charge >= 0.3 is 0 Å². The summed E-state index contributed by atoms with van der Waals surface area (Å²) in [6.45, 7) is 2.04. The van der Waals surface area contributed by atoms with Gasteiger partial charge in [-0.2, -0.15) is 5.10 Å². The number of halogens is 1. The molecule has 0 aliphatic heterocycles. The van der Waals surface area contributed by atoms with Crippen LogP contribution in [0.25, 0.3) is 0 Å². The quantitative estimate of drug-likeness (QED) is 0.904. The molecule has 0 unspecified atom stereocenters. The zero-order valence-corrected chi connectivity index (χ0v) is 10.2. The summed E-state index contributed by atoms with van der Waals surface area (Å²) >= 11 is 3.44. The molecule has 0 aliphatic carbocycles. The first-order valence-electron chi connectivity index (χ1n) is 4.68. The van der Waals surface area contributed by atoms with Gasteiger partial charge in [0, 0.05) is 17.2 Å². The lowest BCUT2D eigenvalue weighted by molar-refractivity contribution is 0.740. The summed E-state index contributed by atoms with van der Waals surface area (Å²) in [4.78, 5) is 0. The highest BCUT2D eigenvalue weighted by molar-refractivity contribution is 9.10. The fourth-order valence-corrected chi connectivity index (χ4v) is 1.74. The summed E-state index contributed by atoms with van der Waals surface area (Å²) in [5.41, 5.74) is 3.21. The standard InChI is InChI=1S/C11H12BrN3/c1-8-11(7-13-15(8)2)14-10-5-3-4-9(12)6-10/h3-7,14H,1-2H3. The van der Waals surface area contributed by atoms with Crippen LogP contribution in [0.15, 0.2) is 34.9 Å². The molecule has 3 nitrogen and oxygen atoms in total. The van der Waals surface area contributed by atoms with Gasteiger partial charge in [0.2, 0.25) is 0 Å². The van der Waals surface area contributed by atoms with Crippen molar-refractivity contribution in [2.24, 2.45) is 7.05 Å². The van der Waals surface area contributed by atoms with Gasteiger partial charge in [0.1, 0.15) is 0 Å². The van der Waals surface area contributed by atoms with Crippen LogP contribution in [0.5, 0.6) is 0 Å². The Labute approximate surface area is 97.2 Å². The summed E-state index contributed by atoms with van der Waals surface area (Å²) in [7, 11) is 1.93. The van der Waals surface area contributed by atoms with Crippen LogP contribution < -0.4 is 5.32 Å². The fourth-order valence-electron chi connectivity index (χ4n) is 1.34. The van der Waals surface area contributed by atoms with Crippen LogP contribution in [0.3, 0.4) is 0 Å². The van der Waals surface area contributed by atoms with Gasteiger partial charge in [-0.05, 0) is 25.1 Å². The third-order valence-electron chi connectivity index (χ3n) is 2.34. The molecule has 0 amide bonds. The van der Waals surface area contributed by atoms with Gasteiger partial charge in [0.15, 0.2) is 0 Å². The van der Waals surface area contributed by atoms with Crippen LogP contribution in [-0.4, -0.2) is 9.78 Å². The fraction of sp³-hybridized carbons (Fsp3) is 0.182. The molecule has 0 fully saturated rings. The second kappa shape index (κ2) is 4.06. The van der Waals surface area contributed by atoms with Gasteiger partial charge in [0.25, 0.3) is 0 Å². The Morgan fingerprint density at radius 1 is 1.40 bits per heavy atom. The van der Waals surface area contributed by atoms with Crippen molar-refractivity contribution in [1.29, 1.82) is 0 Å². The van der Waals surface area contributed by atoms with Gasteiger partial charge in [0.05, 0.1) is 17.6 Å². The Morgan fingerprint density at radius 2 is 2.20 bits per heavy atom. The highest BCUT2D eigenvalue weighted by Gasteiger charge is 2.03. The van der Waals surface area contributed by atoms with Gasteiger partial charge in [-0.15, -0.1) is 0 Å². The van der Waals surface area contributed by atoms with Crippen molar-refractivity contribution in [2.45, 2.75) is 6.92 Å². The van der Waals surface area contributed by atoms with Crippen molar-refractivity contribution in [3.05, 3.63) is 40.6 Å². The van der Waals surface area contributed by atoms with Crippen LogP contribution in [-0.2, 0) is 7.05 Å². The number of aromatic nitrogens is 2. The Hall–Kier alpha value is -1.29. The number of nitrogens with zero attached hydrogens (tertiary/aromatic N) is 2. The molecular formula is C11H12BrN3. The van der Waals surface area contributed by atoms with Crippen molar-refractivity contribution in [3.63, 3.8) is 0 Å². The molecule has 0 saturated carbocycles. The van der Waals surface area contributed by atoms with Gasteiger partial charge in [-0.25, -0.2) is 0 Å². The molecule has 15 heavy (non-hydrogen) atoms. The molecule has 0 bridgehead atoms. The molecule has 0 spiro atoms. The minimum absolute atomic E-state index is 1.04. The Balaban J connectivity index is 2.26. The predicted molar refractivity (Wildman–Crippen MR) is 65.4 cm³/mol. The maximum absolute atomic E-state index is 4.18. The highest BCUT2D eigenvalue weighted by Crippen LogP contribution is 2.22. The molecule has 4 heteroatoms. The summed E-state index contributed by atoms with van der Waals surface area (Å²) in [6.07, 6.45) is 1.83. The molecule has 2 aromatic rings. The van der Waals surface area contributed by atoms with Gasteiger partial charge in [-0.1, -0.05) is 22.0 Å². The van der Waals surface area contributed by atoms with E-state index in [4.69, 9.17) is 0 Å². The molecule has 1 heterocycles. The van der Waals surface area contributed by atoms with Crippen LogP contribution in [0.1, 0.15) is 5.69 Å². The first-order chi connectivity index (χ1) is 7.16. The van der Waals surface area contributed by atoms with E-state index in [0.29, 0.717) is 0 Å². The van der Waals surface area contributed by atoms with Gasteiger partial charge in [-0.3, -0.25) is 4.68 Å². The smallest absolute Gasteiger partial charge is 0.0800 e. The Kier molecular flexibility index (Phi) is 2.77. The number of aryl methyl sites for hydroxylation is 1. The number of hydrogen-bond acceptors (Lipinski definition) is 2. The molecule has 0 atom stereocenters. The first kappa shape index (κ1) is 10.2. The number of anilines is 2. The third-order valence-corrected chi connectivity index (χ3v) is 2.83. The van der Waals surface area contributed by atoms with E-state index in [9.17, 15) is 0 Å². The van der Waals surface area contributed by atoms with E-state index in [0.717, 1.165) is 21.5 Å². The molecule has 0 saturated heterocycles. The van der Waals surface area contributed by atoms with E-state index in [-0.39, 0.29) is 0 Å². The highest BCUT2D eigenvalue weighted by atomic mass is 79.9. The molecule has 1 aromatic heterocycles. The lowest BCUT2D eigenvalue weighted by Gasteiger charge is -2.05. The Morgan fingerprint density at radius 3 is 2.80 bits per heavy atom. The molecule has 2 rings (SSSR count). The molecule has 0 aliphatic rings. The van der Waals surface area contributed by atoms with Crippen molar-refractivity contribution in [3.8, 4) is 0 Å². The maximum atomic E-state index is 4.18. The average molecular weight is 266 g/mol. The first-order valence-corrected chi connectivity index (χ1v) is 5.47. The van der Waals surface area contributed by atoms with E-state index in [1.54, 1.807) is 0 Å². The normalized spacial score (nSPS) is 10.3. The Bertz CT molecular complexity index is 476. The van der Waals surface area contributed by atoms with Crippen LogP contribution in [0.4, 0.5) is 11.4 Å². The van der Waals surface area contributed by atoms with Crippen LogP contribution in [0.2, 0.25) is 0 Å². The summed E-state index contributed by atoms with van der Waals surface area (Å²) in [6, 6.07) is 8.06. The maximum Gasteiger partial charge on any atom is 0.0800 e. The van der Waals surface area contributed by atoms with Crippen molar-refractivity contribution in [1.82, 2.24) is 9.78 Å². The lowest BCUT2D eigenvalue weighted by Crippen LogP contribution is -1.95. The zero-order valence-electron chi connectivity index (χ0n) is 8.66. The van der Waals surface area contributed by atoms with Crippen LogP contribution >= 0.6 is 15.9 Å². The molecule has 1 aromatic carbocycles. The molecule has 78 valence electrons.